The number of fused-ring (bicyclic) bond motifs is 1. The summed E-state index contributed by atoms with van der Waals surface area (Å²) >= 11 is 7.86. The van der Waals surface area contributed by atoms with Crippen LogP contribution in [0.3, 0.4) is 0 Å². The van der Waals surface area contributed by atoms with Gasteiger partial charge in [0.25, 0.3) is 0 Å². The summed E-state index contributed by atoms with van der Waals surface area (Å²) in [5.41, 5.74) is 1.93. The van der Waals surface area contributed by atoms with Crippen molar-refractivity contribution in [1.82, 2.24) is 19.9 Å². The molecule has 3 aromatic heterocycles. The van der Waals surface area contributed by atoms with Crippen molar-refractivity contribution in [1.29, 1.82) is 0 Å². The van der Waals surface area contributed by atoms with Gasteiger partial charge in [-0.2, -0.15) is 4.98 Å². The molecule has 0 amide bonds. The predicted molar refractivity (Wildman–Crippen MR) is 116 cm³/mol. The van der Waals surface area contributed by atoms with E-state index in [1.807, 2.05) is 12.3 Å². The first-order chi connectivity index (χ1) is 13.6. The molecule has 7 nitrogen and oxygen atoms in total. The minimum Gasteiger partial charge on any atom is -0.378 e. The standard InChI is InChI=1S/C19H23ClN6OS/c1-25(2)6-5-21-16-4-3-13(12-22-16)15-11-14-17(28-15)18(24-19(20)23-14)26-7-9-27-10-8-26/h3-4,11-12H,5-10H2,1-2H3,(H,21,22). The number of halogens is 1. The minimum atomic E-state index is 0.275. The first-order valence-electron chi connectivity index (χ1n) is 9.25. The lowest BCUT2D eigenvalue weighted by atomic mass is 10.2. The molecule has 1 saturated heterocycles. The second-order valence-electron chi connectivity index (χ2n) is 6.90. The number of anilines is 2. The Kier molecular flexibility index (Phi) is 5.91. The predicted octanol–water partition coefficient (Wildman–Crippen LogP) is 3.22. The summed E-state index contributed by atoms with van der Waals surface area (Å²) in [4.78, 5) is 18.9. The summed E-state index contributed by atoms with van der Waals surface area (Å²) in [6.45, 7) is 4.85. The molecule has 0 aromatic carbocycles. The number of thiophene rings is 1. The van der Waals surface area contributed by atoms with Gasteiger partial charge in [0, 0.05) is 42.8 Å². The van der Waals surface area contributed by atoms with Crippen molar-refractivity contribution in [3.05, 3.63) is 29.7 Å². The van der Waals surface area contributed by atoms with Crippen molar-refractivity contribution in [2.75, 3.05) is 63.7 Å². The molecule has 0 bridgehead atoms. The highest BCUT2D eigenvalue weighted by Gasteiger charge is 2.19. The van der Waals surface area contributed by atoms with Crippen LogP contribution in [-0.4, -0.2) is 73.3 Å². The van der Waals surface area contributed by atoms with Gasteiger partial charge in [0.2, 0.25) is 5.28 Å². The lowest BCUT2D eigenvalue weighted by molar-refractivity contribution is 0.122. The molecule has 1 aliphatic rings. The van der Waals surface area contributed by atoms with Gasteiger partial charge in [-0.15, -0.1) is 11.3 Å². The van der Waals surface area contributed by atoms with E-state index in [0.717, 1.165) is 58.5 Å². The normalized spacial score (nSPS) is 14.8. The van der Waals surface area contributed by atoms with Gasteiger partial charge in [-0.05, 0) is 43.9 Å². The molecule has 1 N–H and O–H groups in total. The number of likely N-dealkylation sites (N-methyl/N-ethyl adjacent to an activating group) is 1. The maximum atomic E-state index is 6.19. The van der Waals surface area contributed by atoms with E-state index in [-0.39, 0.29) is 5.28 Å². The first-order valence-corrected chi connectivity index (χ1v) is 10.4. The number of hydrogen-bond acceptors (Lipinski definition) is 8. The Hall–Kier alpha value is -2.00. The largest absolute Gasteiger partial charge is 0.378 e. The molecule has 0 aliphatic carbocycles. The van der Waals surface area contributed by atoms with Crippen LogP contribution in [0.25, 0.3) is 20.7 Å². The van der Waals surface area contributed by atoms with E-state index >= 15 is 0 Å². The van der Waals surface area contributed by atoms with Crippen molar-refractivity contribution >= 4 is 44.8 Å². The Labute approximate surface area is 173 Å². The van der Waals surface area contributed by atoms with Crippen LogP contribution < -0.4 is 10.2 Å². The zero-order chi connectivity index (χ0) is 19.5. The van der Waals surface area contributed by atoms with Crippen LogP contribution in [0.1, 0.15) is 0 Å². The van der Waals surface area contributed by atoms with E-state index in [1.54, 1.807) is 11.3 Å². The van der Waals surface area contributed by atoms with Crippen molar-refractivity contribution < 1.29 is 4.74 Å². The Morgan fingerprint density at radius 3 is 2.79 bits per heavy atom. The number of nitrogens with zero attached hydrogens (tertiary/aromatic N) is 5. The van der Waals surface area contributed by atoms with Crippen molar-refractivity contribution in [3.8, 4) is 10.4 Å². The Balaban J connectivity index is 1.59. The number of ether oxygens (including phenoxy) is 1. The van der Waals surface area contributed by atoms with Gasteiger partial charge in [0.05, 0.1) is 23.4 Å². The molecule has 4 heterocycles. The first kappa shape index (κ1) is 19.3. The summed E-state index contributed by atoms with van der Waals surface area (Å²) < 4.78 is 6.51. The molecule has 0 unspecified atom stereocenters. The second-order valence-corrected chi connectivity index (χ2v) is 8.29. The quantitative estimate of drug-likeness (QED) is 0.616. The monoisotopic (exact) mass is 418 g/mol. The third-order valence-corrected chi connectivity index (χ3v) is 5.89. The molecular formula is C19H23ClN6OS. The summed E-state index contributed by atoms with van der Waals surface area (Å²) in [6, 6.07) is 6.16. The number of morpholine rings is 1. The highest BCUT2D eigenvalue weighted by molar-refractivity contribution is 7.22. The Morgan fingerprint density at radius 2 is 2.07 bits per heavy atom. The number of aromatic nitrogens is 3. The van der Waals surface area contributed by atoms with Gasteiger partial charge in [0.15, 0.2) is 5.82 Å². The van der Waals surface area contributed by atoms with Gasteiger partial charge in [0.1, 0.15) is 5.82 Å². The van der Waals surface area contributed by atoms with Crippen LogP contribution in [-0.2, 0) is 4.74 Å². The van der Waals surface area contributed by atoms with E-state index in [0.29, 0.717) is 13.2 Å². The van der Waals surface area contributed by atoms with E-state index in [2.05, 4.69) is 56.3 Å². The fraction of sp³-hybridized carbons (Fsp3) is 0.421. The molecule has 148 valence electrons. The van der Waals surface area contributed by atoms with Gasteiger partial charge < -0.3 is 19.9 Å². The maximum Gasteiger partial charge on any atom is 0.224 e. The summed E-state index contributed by atoms with van der Waals surface area (Å²) in [5, 5.41) is 3.61. The summed E-state index contributed by atoms with van der Waals surface area (Å²) in [6.07, 6.45) is 1.89. The minimum absolute atomic E-state index is 0.275. The van der Waals surface area contributed by atoms with Crippen LogP contribution in [0.5, 0.6) is 0 Å². The van der Waals surface area contributed by atoms with Crippen molar-refractivity contribution in [2.24, 2.45) is 0 Å². The maximum absolute atomic E-state index is 6.19. The topological polar surface area (TPSA) is 66.4 Å². The molecule has 1 fully saturated rings. The van der Waals surface area contributed by atoms with Gasteiger partial charge in [-0.1, -0.05) is 0 Å². The Bertz CT molecular complexity index is 939. The fourth-order valence-corrected chi connectivity index (χ4v) is 4.35. The van der Waals surface area contributed by atoms with Crippen molar-refractivity contribution in [3.63, 3.8) is 0 Å². The fourth-order valence-electron chi connectivity index (χ4n) is 3.07. The van der Waals surface area contributed by atoms with Crippen LogP contribution >= 0.6 is 22.9 Å². The lowest BCUT2D eigenvalue weighted by Crippen LogP contribution is -2.36. The van der Waals surface area contributed by atoms with E-state index in [9.17, 15) is 0 Å². The number of rotatable bonds is 6. The number of pyridine rings is 1. The molecule has 3 aromatic rings. The molecule has 0 spiro atoms. The summed E-state index contributed by atoms with van der Waals surface area (Å²) in [7, 11) is 4.11. The molecule has 0 atom stereocenters. The number of nitrogens with one attached hydrogen (secondary N) is 1. The van der Waals surface area contributed by atoms with Gasteiger partial charge >= 0.3 is 0 Å². The number of hydrogen-bond donors (Lipinski definition) is 1. The molecule has 1 aliphatic heterocycles. The van der Waals surface area contributed by atoms with Crippen LogP contribution in [0.2, 0.25) is 5.28 Å². The zero-order valence-electron chi connectivity index (χ0n) is 16.0. The SMILES string of the molecule is CN(C)CCNc1ccc(-c2cc3nc(Cl)nc(N4CCOCC4)c3s2)cn1. The molecule has 4 rings (SSSR count). The van der Waals surface area contributed by atoms with Crippen molar-refractivity contribution in [2.45, 2.75) is 0 Å². The molecule has 0 radical (unpaired) electrons. The second kappa shape index (κ2) is 8.57. The lowest BCUT2D eigenvalue weighted by Gasteiger charge is -2.28. The smallest absolute Gasteiger partial charge is 0.224 e. The van der Waals surface area contributed by atoms with Crippen LogP contribution in [0, 0.1) is 0 Å². The molecule has 28 heavy (non-hydrogen) atoms. The molecular weight excluding hydrogens is 396 g/mol. The highest BCUT2D eigenvalue weighted by Crippen LogP contribution is 2.38. The highest BCUT2D eigenvalue weighted by atomic mass is 35.5. The van der Waals surface area contributed by atoms with Gasteiger partial charge in [-0.3, -0.25) is 0 Å². The molecule has 0 saturated carbocycles. The van der Waals surface area contributed by atoms with Crippen LogP contribution in [0.15, 0.2) is 24.4 Å². The summed E-state index contributed by atoms with van der Waals surface area (Å²) in [5.74, 6) is 1.77. The van der Waals surface area contributed by atoms with Crippen LogP contribution in [0.4, 0.5) is 11.6 Å². The zero-order valence-corrected chi connectivity index (χ0v) is 17.6. The molecule has 9 heteroatoms. The van der Waals surface area contributed by atoms with Gasteiger partial charge in [-0.25, -0.2) is 9.97 Å². The van der Waals surface area contributed by atoms with E-state index in [1.165, 1.54) is 0 Å². The van der Waals surface area contributed by atoms with E-state index < -0.39 is 0 Å². The average molecular weight is 419 g/mol. The third kappa shape index (κ3) is 4.35. The average Bonchev–Trinajstić information content (AvgIpc) is 3.12. The third-order valence-electron chi connectivity index (χ3n) is 4.55. The Morgan fingerprint density at radius 1 is 1.25 bits per heavy atom. The van der Waals surface area contributed by atoms with E-state index in [4.69, 9.17) is 16.3 Å².